The molecule has 0 bridgehead atoms. The average Bonchev–Trinajstić information content (AvgIpc) is 2.70. The molecule has 2 nitrogen and oxygen atoms in total. The summed E-state index contributed by atoms with van der Waals surface area (Å²) in [6.45, 7) is 0. The van der Waals surface area contributed by atoms with Gasteiger partial charge < -0.3 is 9.15 Å². The van der Waals surface area contributed by atoms with Gasteiger partial charge in [-0.25, -0.2) is 0 Å². The first kappa shape index (κ1) is 9.34. The Labute approximate surface area is 90.6 Å². The number of ether oxygens (including phenoxy) is 1. The maximum Gasteiger partial charge on any atom is 0.137 e. The third kappa shape index (κ3) is 1.68. The van der Waals surface area contributed by atoms with Gasteiger partial charge in [0.25, 0.3) is 0 Å². The van der Waals surface area contributed by atoms with Crippen LogP contribution < -0.4 is 4.74 Å². The second-order valence-electron chi connectivity index (χ2n) is 2.82. The van der Waals surface area contributed by atoms with Crippen molar-refractivity contribution in [2.24, 2.45) is 0 Å². The van der Waals surface area contributed by atoms with Gasteiger partial charge in [-0.1, -0.05) is 15.9 Å². The van der Waals surface area contributed by atoms with Gasteiger partial charge in [0.2, 0.25) is 0 Å². The summed E-state index contributed by atoms with van der Waals surface area (Å²) in [6, 6.07) is 9.57. The van der Waals surface area contributed by atoms with Gasteiger partial charge in [0.15, 0.2) is 0 Å². The Morgan fingerprint density at radius 1 is 1.29 bits per heavy atom. The van der Waals surface area contributed by atoms with Crippen LogP contribution in [0.4, 0.5) is 0 Å². The van der Waals surface area contributed by atoms with Crippen LogP contribution in [-0.4, -0.2) is 7.11 Å². The summed E-state index contributed by atoms with van der Waals surface area (Å²) >= 11 is 3.41. The molecule has 2 rings (SSSR count). The Kier molecular flexibility index (Phi) is 2.59. The number of hydrogen-bond donors (Lipinski definition) is 0. The van der Waals surface area contributed by atoms with Crippen LogP contribution in [0.15, 0.2) is 45.5 Å². The summed E-state index contributed by atoms with van der Waals surface area (Å²) in [5.74, 6) is 1.62. The molecule has 2 aromatic rings. The summed E-state index contributed by atoms with van der Waals surface area (Å²) in [4.78, 5) is 0. The number of halogens is 1. The Balaban J connectivity index is 2.55. The second-order valence-corrected chi connectivity index (χ2v) is 3.74. The molecule has 0 aliphatic heterocycles. The molecule has 0 N–H and O–H groups in total. The van der Waals surface area contributed by atoms with Gasteiger partial charge in [0.05, 0.1) is 18.9 Å². The van der Waals surface area contributed by atoms with E-state index in [0.717, 1.165) is 21.5 Å². The fourth-order valence-electron chi connectivity index (χ4n) is 1.30. The minimum atomic E-state index is 0.808. The molecule has 72 valence electrons. The van der Waals surface area contributed by atoms with Crippen LogP contribution in [-0.2, 0) is 0 Å². The molecule has 0 spiro atoms. The predicted molar refractivity (Wildman–Crippen MR) is 58.4 cm³/mol. The van der Waals surface area contributed by atoms with E-state index < -0.39 is 0 Å². The minimum Gasteiger partial charge on any atom is -0.496 e. The highest BCUT2D eigenvalue weighted by atomic mass is 79.9. The molecule has 0 unspecified atom stereocenters. The zero-order chi connectivity index (χ0) is 9.97. The van der Waals surface area contributed by atoms with Crippen molar-refractivity contribution >= 4 is 15.9 Å². The monoisotopic (exact) mass is 252 g/mol. The van der Waals surface area contributed by atoms with E-state index in [0.29, 0.717) is 0 Å². The molecule has 0 saturated carbocycles. The van der Waals surface area contributed by atoms with Gasteiger partial charge in [0, 0.05) is 4.47 Å². The summed E-state index contributed by atoms with van der Waals surface area (Å²) in [5.41, 5.74) is 0.951. The summed E-state index contributed by atoms with van der Waals surface area (Å²) < 4.78 is 11.6. The Morgan fingerprint density at radius 3 is 2.79 bits per heavy atom. The first-order valence-electron chi connectivity index (χ1n) is 4.18. The van der Waals surface area contributed by atoms with E-state index in [9.17, 15) is 0 Å². The standard InChI is InChI=1S/C11H9BrO2/c1-13-10-5-4-8(12)7-9(10)11-3-2-6-14-11/h2-7H,1H3. The first-order valence-corrected chi connectivity index (χ1v) is 4.98. The summed E-state index contributed by atoms with van der Waals surface area (Å²) in [6.07, 6.45) is 1.65. The molecule has 1 aromatic heterocycles. The van der Waals surface area contributed by atoms with Crippen molar-refractivity contribution in [3.63, 3.8) is 0 Å². The molecule has 0 radical (unpaired) electrons. The molecule has 3 heteroatoms. The fourth-order valence-corrected chi connectivity index (χ4v) is 1.67. The van der Waals surface area contributed by atoms with Gasteiger partial charge in [-0.15, -0.1) is 0 Å². The van der Waals surface area contributed by atoms with E-state index in [1.807, 2.05) is 30.3 Å². The van der Waals surface area contributed by atoms with E-state index in [1.54, 1.807) is 13.4 Å². The lowest BCUT2D eigenvalue weighted by Crippen LogP contribution is -1.86. The quantitative estimate of drug-likeness (QED) is 0.813. The number of methoxy groups -OCH3 is 1. The van der Waals surface area contributed by atoms with Crippen molar-refractivity contribution in [1.29, 1.82) is 0 Å². The predicted octanol–water partition coefficient (Wildman–Crippen LogP) is 3.72. The lowest BCUT2D eigenvalue weighted by molar-refractivity contribution is 0.414. The number of furan rings is 1. The SMILES string of the molecule is COc1ccc(Br)cc1-c1ccco1. The Morgan fingerprint density at radius 2 is 2.14 bits per heavy atom. The topological polar surface area (TPSA) is 22.4 Å². The molecule has 0 aliphatic rings. The van der Waals surface area contributed by atoms with E-state index in [1.165, 1.54) is 0 Å². The highest BCUT2D eigenvalue weighted by molar-refractivity contribution is 9.10. The second kappa shape index (κ2) is 3.88. The van der Waals surface area contributed by atoms with Crippen molar-refractivity contribution in [3.05, 3.63) is 41.1 Å². The third-order valence-corrected chi connectivity index (χ3v) is 2.44. The third-order valence-electron chi connectivity index (χ3n) is 1.95. The Bertz CT molecular complexity index is 421. The van der Waals surface area contributed by atoms with Crippen LogP contribution in [0.5, 0.6) is 5.75 Å². The van der Waals surface area contributed by atoms with Gasteiger partial charge in [-0.05, 0) is 30.3 Å². The molecular weight excluding hydrogens is 244 g/mol. The zero-order valence-electron chi connectivity index (χ0n) is 7.66. The molecule has 14 heavy (non-hydrogen) atoms. The average molecular weight is 253 g/mol. The van der Waals surface area contributed by atoms with E-state index in [2.05, 4.69) is 15.9 Å². The largest absolute Gasteiger partial charge is 0.496 e. The minimum absolute atomic E-state index is 0.808. The summed E-state index contributed by atoms with van der Waals surface area (Å²) in [7, 11) is 1.65. The van der Waals surface area contributed by atoms with Crippen LogP contribution >= 0.6 is 15.9 Å². The molecule has 0 saturated heterocycles. The fraction of sp³-hybridized carbons (Fsp3) is 0.0909. The van der Waals surface area contributed by atoms with Gasteiger partial charge in [-0.3, -0.25) is 0 Å². The van der Waals surface area contributed by atoms with Crippen LogP contribution in [0.25, 0.3) is 11.3 Å². The van der Waals surface area contributed by atoms with Gasteiger partial charge in [-0.2, -0.15) is 0 Å². The molecular formula is C11H9BrO2. The normalized spacial score (nSPS) is 10.1. The van der Waals surface area contributed by atoms with E-state index >= 15 is 0 Å². The molecule has 0 amide bonds. The maximum absolute atomic E-state index is 5.32. The van der Waals surface area contributed by atoms with Gasteiger partial charge >= 0.3 is 0 Å². The van der Waals surface area contributed by atoms with Crippen molar-refractivity contribution in [1.82, 2.24) is 0 Å². The van der Waals surface area contributed by atoms with Crippen LogP contribution in [0.2, 0.25) is 0 Å². The number of benzene rings is 1. The van der Waals surface area contributed by atoms with Crippen LogP contribution in [0.3, 0.4) is 0 Å². The summed E-state index contributed by atoms with van der Waals surface area (Å²) in [5, 5.41) is 0. The maximum atomic E-state index is 5.32. The molecule has 0 atom stereocenters. The lowest BCUT2D eigenvalue weighted by Gasteiger charge is -2.05. The van der Waals surface area contributed by atoms with Crippen LogP contribution in [0.1, 0.15) is 0 Å². The van der Waals surface area contributed by atoms with Crippen molar-refractivity contribution in [3.8, 4) is 17.1 Å². The molecule has 1 heterocycles. The van der Waals surface area contributed by atoms with Crippen molar-refractivity contribution < 1.29 is 9.15 Å². The molecule has 1 aromatic carbocycles. The Hall–Kier alpha value is -1.22. The highest BCUT2D eigenvalue weighted by Crippen LogP contribution is 2.32. The van der Waals surface area contributed by atoms with E-state index in [4.69, 9.17) is 9.15 Å². The number of hydrogen-bond acceptors (Lipinski definition) is 2. The highest BCUT2D eigenvalue weighted by Gasteiger charge is 2.08. The van der Waals surface area contributed by atoms with Crippen molar-refractivity contribution in [2.45, 2.75) is 0 Å². The smallest absolute Gasteiger partial charge is 0.137 e. The van der Waals surface area contributed by atoms with Gasteiger partial charge in [0.1, 0.15) is 11.5 Å². The molecule has 0 aliphatic carbocycles. The first-order chi connectivity index (χ1) is 6.81. The molecule has 0 fully saturated rings. The zero-order valence-corrected chi connectivity index (χ0v) is 9.24. The lowest BCUT2D eigenvalue weighted by atomic mass is 10.1. The van der Waals surface area contributed by atoms with Crippen molar-refractivity contribution in [2.75, 3.05) is 7.11 Å². The van der Waals surface area contributed by atoms with Crippen LogP contribution in [0, 0.1) is 0 Å². The number of rotatable bonds is 2. The van der Waals surface area contributed by atoms with E-state index in [-0.39, 0.29) is 0 Å².